The molecule has 1 aliphatic carbocycles. The molecule has 0 saturated carbocycles. The van der Waals surface area contributed by atoms with Crippen LogP contribution in [0.15, 0.2) is 78.9 Å². The molecule has 3 heteroatoms. The summed E-state index contributed by atoms with van der Waals surface area (Å²) >= 11 is 0. The van der Waals surface area contributed by atoms with Gasteiger partial charge >= 0.3 is 0 Å². The van der Waals surface area contributed by atoms with Crippen LogP contribution in [0.4, 0.5) is 0 Å². The summed E-state index contributed by atoms with van der Waals surface area (Å²) in [5, 5.41) is 0. The van der Waals surface area contributed by atoms with Crippen LogP contribution in [0.5, 0.6) is 0 Å². The normalized spacial score (nSPS) is 13.6. The molecule has 0 amide bonds. The molecule has 2 nitrogen and oxygen atoms in total. The van der Waals surface area contributed by atoms with Gasteiger partial charge in [-0.25, -0.2) is 0 Å². The molecule has 4 aromatic carbocycles. The first kappa shape index (κ1) is 25.6. The molecule has 0 atom stereocenters. The van der Waals surface area contributed by atoms with Crippen LogP contribution in [0, 0.1) is 6.07 Å². The fraction of sp³-hybridized carbons (Fsp3) is 0.265. The monoisotopic (exact) mass is 662 g/mol. The molecule has 0 N–H and O–H groups in total. The van der Waals surface area contributed by atoms with Crippen LogP contribution < -0.4 is 0 Å². The Labute approximate surface area is 234 Å². The van der Waals surface area contributed by atoms with Crippen LogP contribution in [0.3, 0.4) is 0 Å². The zero-order chi connectivity index (χ0) is 25.2. The Balaban J connectivity index is 0.00000280. The number of aromatic nitrogens is 2. The van der Waals surface area contributed by atoms with Crippen molar-refractivity contribution in [1.29, 1.82) is 0 Å². The Hall–Kier alpha value is -3.00. The van der Waals surface area contributed by atoms with Crippen LogP contribution in [-0.4, -0.2) is 9.55 Å². The van der Waals surface area contributed by atoms with Crippen molar-refractivity contribution < 1.29 is 20.1 Å². The van der Waals surface area contributed by atoms with E-state index in [9.17, 15) is 0 Å². The molecule has 5 aromatic rings. The Morgan fingerprint density at radius 3 is 2.11 bits per heavy atom. The third-order valence-corrected chi connectivity index (χ3v) is 7.86. The van der Waals surface area contributed by atoms with Gasteiger partial charge in [-0.2, -0.15) is 0 Å². The molecule has 1 aliphatic rings. The maximum Gasteiger partial charge on any atom is 0.0774 e. The van der Waals surface area contributed by atoms with Crippen molar-refractivity contribution in [2.75, 3.05) is 0 Å². The number of hydrogen-bond acceptors (Lipinski definition) is 1. The molecular formula is C34H33IrN2-. The van der Waals surface area contributed by atoms with Crippen molar-refractivity contribution in [3.8, 4) is 28.2 Å². The van der Waals surface area contributed by atoms with Gasteiger partial charge in [0.2, 0.25) is 0 Å². The van der Waals surface area contributed by atoms with Crippen molar-refractivity contribution in [2.45, 2.75) is 58.8 Å². The van der Waals surface area contributed by atoms with E-state index in [-0.39, 0.29) is 25.5 Å². The molecule has 1 heterocycles. The second-order valence-electron chi connectivity index (χ2n) is 11.2. The number of rotatable bonds is 4. The molecule has 37 heavy (non-hydrogen) atoms. The van der Waals surface area contributed by atoms with Gasteiger partial charge in [-0.05, 0) is 51.6 Å². The van der Waals surface area contributed by atoms with Crippen LogP contribution in [0.1, 0.15) is 75.6 Å². The number of imidazole rings is 1. The zero-order valence-corrected chi connectivity index (χ0v) is 24.8. The first-order valence-corrected chi connectivity index (χ1v) is 13.1. The van der Waals surface area contributed by atoms with Gasteiger partial charge in [0, 0.05) is 25.8 Å². The summed E-state index contributed by atoms with van der Waals surface area (Å²) in [5.41, 5.74) is 12.4. The first-order chi connectivity index (χ1) is 17.3. The molecule has 0 bridgehead atoms. The number of para-hydroxylation sites is 3. The molecule has 0 unspecified atom stereocenters. The van der Waals surface area contributed by atoms with Crippen molar-refractivity contribution in [2.24, 2.45) is 0 Å². The van der Waals surface area contributed by atoms with Crippen molar-refractivity contribution >= 4 is 11.0 Å². The summed E-state index contributed by atoms with van der Waals surface area (Å²) < 4.78 is 2.42. The van der Waals surface area contributed by atoms with E-state index in [4.69, 9.17) is 4.98 Å². The summed E-state index contributed by atoms with van der Waals surface area (Å²) in [5.74, 6) is 1.75. The molecule has 1 radical (unpaired) electrons. The molecule has 1 aromatic heterocycles. The predicted octanol–water partition coefficient (Wildman–Crippen LogP) is 9.04. The smallest absolute Gasteiger partial charge is 0.0774 e. The van der Waals surface area contributed by atoms with E-state index < -0.39 is 0 Å². The van der Waals surface area contributed by atoms with E-state index in [0.717, 1.165) is 22.4 Å². The van der Waals surface area contributed by atoms with Crippen molar-refractivity contribution in [3.05, 3.63) is 107 Å². The van der Waals surface area contributed by atoms with E-state index in [2.05, 4.69) is 131 Å². The van der Waals surface area contributed by atoms with E-state index in [1.165, 1.54) is 39.1 Å². The van der Waals surface area contributed by atoms with Crippen LogP contribution in [0.2, 0.25) is 0 Å². The van der Waals surface area contributed by atoms with Crippen molar-refractivity contribution in [1.82, 2.24) is 9.55 Å². The van der Waals surface area contributed by atoms with Gasteiger partial charge in [-0.15, -0.1) is 29.3 Å². The van der Waals surface area contributed by atoms with Crippen LogP contribution >= 0.6 is 0 Å². The maximum atomic E-state index is 5.30. The van der Waals surface area contributed by atoms with Crippen LogP contribution in [-0.2, 0) is 25.5 Å². The number of benzene rings is 4. The van der Waals surface area contributed by atoms with E-state index >= 15 is 0 Å². The quantitative estimate of drug-likeness (QED) is 0.176. The molecule has 6 rings (SSSR count). The summed E-state index contributed by atoms with van der Waals surface area (Å²) in [6.45, 7) is 13.8. The molecular weight excluding hydrogens is 629 g/mol. The third kappa shape index (κ3) is 3.83. The average Bonchev–Trinajstić information content (AvgIpc) is 3.37. The van der Waals surface area contributed by atoms with E-state index in [1.54, 1.807) is 0 Å². The molecule has 189 valence electrons. The Kier molecular flexibility index (Phi) is 6.50. The van der Waals surface area contributed by atoms with Gasteiger partial charge in [0.25, 0.3) is 0 Å². The van der Waals surface area contributed by atoms with E-state index in [0.29, 0.717) is 11.8 Å². The SMILES string of the molecule is CC(C)c1cccc(C(C)C)c1-n1c(-c2[c-]ccc3c2C(C)(C)c2ccccc2-3)nc2ccccc21.[Ir]. The Morgan fingerprint density at radius 2 is 1.41 bits per heavy atom. The second kappa shape index (κ2) is 9.39. The second-order valence-corrected chi connectivity index (χ2v) is 11.2. The number of hydrogen-bond donors (Lipinski definition) is 0. The molecule has 0 aliphatic heterocycles. The topological polar surface area (TPSA) is 17.8 Å². The molecule has 0 spiro atoms. The summed E-state index contributed by atoms with van der Waals surface area (Å²) in [4.78, 5) is 5.30. The average molecular weight is 662 g/mol. The standard InChI is InChI=1S/C34H33N2.Ir/c1-21(2)23-14-11-15-24(22(3)4)32(23)36-30-20-10-9-19-29(30)35-33(36)27-17-12-16-26-25-13-7-8-18-28(25)34(5,6)31(26)27;/h7-16,18-22H,1-6H3;/q-1;. The Bertz CT molecular complexity index is 1590. The van der Waals surface area contributed by atoms with Gasteiger partial charge in [0.15, 0.2) is 0 Å². The minimum absolute atomic E-state index is 0. The predicted molar refractivity (Wildman–Crippen MR) is 151 cm³/mol. The van der Waals surface area contributed by atoms with Gasteiger partial charge in [0.1, 0.15) is 0 Å². The Morgan fingerprint density at radius 1 is 0.757 bits per heavy atom. The minimum atomic E-state index is -0.138. The van der Waals surface area contributed by atoms with Gasteiger partial charge in [-0.3, -0.25) is 4.98 Å². The summed E-state index contributed by atoms with van der Waals surface area (Å²) in [7, 11) is 0. The van der Waals surface area contributed by atoms with Crippen LogP contribution in [0.25, 0.3) is 39.2 Å². The molecule has 0 saturated heterocycles. The fourth-order valence-corrected chi connectivity index (χ4v) is 6.14. The largest absolute Gasteiger partial charge is 0.333 e. The molecule has 0 fully saturated rings. The first-order valence-electron chi connectivity index (χ1n) is 13.1. The van der Waals surface area contributed by atoms with Crippen molar-refractivity contribution in [3.63, 3.8) is 0 Å². The maximum absolute atomic E-state index is 5.30. The zero-order valence-electron chi connectivity index (χ0n) is 22.4. The minimum Gasteiger partial charge on any atom is -0.333 e. The summed E-state index contributed by atoms with van der Waals surface area (Å²) in [6, 6.07) is 32.1. The van der Waals surface area contributed by atoms with Gasteiger partial charge < -0.3 is 4.57 Å². The number of nitrogens with zero attached hydrogens (tertiary/aromatic N) is 2. The van der Waals surface area contributed by atoms with Gasteiger partial charge in [0.05, 0.1) is 16.9 Å². The fourth-order valence-electron chi connectivity index (χ4n) is 6.14. The van der Waals surface area contributed by atoms with Gasteiger partial charge in [-0.1, -0.05) is 102 Å². The third-order valence-electron chi connectivity index (χ3n) is 7.86. The van der Waals surface area contributed by atoms with E-state index in [1.807, 2.05) is 0 Å². The summed E-state index contributed by atoms with van der Waals surface area (Å²) in [6.07, 6.45) is 0. The number of fused-ring (bicyclic) bond motifs is 4.